The minimum absolute atomic E-state index is 0.283. The predicted molar refractivity (Wildman–Crippen MR) is 65.9 cm³/mol. The zero-order valence-corrected chi connectivity index (χ0v) is 10.2. The van der Waals surface area contributed by atoms with Crippen molar-refractivity contribution in [3.8, 4) is 0 Å². The van der Waals surface area contributed by atoms with E-state index in [2.05, 4.69) is 5.32 Å². The van der Waals surface area contributed by atoms with E-state index in [4.69, 9.17) is 4.74 Å². The van der Waals surface area contributed by atoms with Gasteiger partial charge in [0.25, 0.3) is 0 Å². The van der Waals surface area contributed by atoms with E-state index >= 15 is 0 Å². The highest BCUT2D eigenvalue weighted by Crippen LogP contribution is 2.13. The normalized spacial score (nSPS) is 14.2. The molecule has 0 saturated heterocycles. The highest BCUT2D eigenvalue weighted by atomic mass is 16.5. The lowest BCUT2D eigenvalue weighted by Crippen LogP contribution is -2.32. The van der Waals surface area contributed by atoms with Crippen LogP contribution in [-0.2, 0) is 9.53 Å². The smallest absolute Gasteiger partial charge is 0.325 e. The van der Waals surface area contributed by atoms with Gasteiger partial charge < -0.3 is 15.2 Å². The topological polar surface area (TPSA) is 58.6 Å². The van der Waals surface area contributed by atoms with Crippen LogP contribution in [0.1, 0.15) is 18.5 Å². The maximum absolute atomic E-state index is 11.2. The van der Waals surface area contributed by atoms with Gasteiger partial charge in [0.2, 0.25) is 0 Å². The molecule has 94 valence electrons. The molecule has 4 heteroatoms. The molecule has 0 heterocycles. The summed E-state index contributed by atoms with van der Waals surface area (Å²) in [6.07, 6.45) is 0. The first kappa shape index (κ1) is 13.7. The summed E-state index contributed by atoms with van der Waals surface area (Å²) in [5.74, 6) is -0.577. The van der Waals surface area contributed by atoms with Crippen molar-refractivity contribution in [2.75, 3.05) is 20.3 Å². The monoisotopic (exact) mass is 237 g/mol. The SMILES string of the molecule is COCC(C)CNC(C(=O)O)c1ccccc1. The number of methoxy groups -OCH3 is 1. The van der Waals surface area contributed by atoms with Crippen molar-refractivity contribution in [1.29, 1.82) is 0 Å². The molecule has 0 aromatic heterocycles. The number of rotatable bonds is 7. The third-order valence-electron chi connectivity index (χ3n) is 2.50. The number of benzene rings is 1. The Balaban J connectivity index is 2.59. The molecule has 0 bridgehead atoms. The van der Waals surface area contributed by atoms with Gasteiger partial charge in [-0.1, -0.05) is 37.3 Å². The Morgan fingerprint density at radius 3 is 2.59 bits per heavy atom. The van der Waals surface area contributed by atoms with Crippen molar-refractivity contribution in [2.24, 2.45) is 5.92 Å². The van der Waals surface area contributed by atoms with E-state index in [0.29, 0.717) is 13.2 Å². The quantitative estimate of drug-likeness (QED) is 0.757. The number of ether oxygens (including phenoxy) is 1. The number of carboxylic acid groups (broad SMARTS) is 1. The van der Waals surface area contributed by atoms with Gasteiger partial charge in [0.05, 0.1) is 0 Å². The number of carboxylic acids is 1. The van der Waals surface area contributed by atoms with Crippen molar-refractivity contribution in [1.82, 2.24) is 5.32 Å². The van der Waals surface area contributed by atoms with Gasteiger partial charge in [-0.05, 0) is 11.5 Å². The summed E-state index contributed by atoms with van der Waals surface area (Å²) in [6, 6.07) is 8.52. The molecule has 0 saturated carbocycles. The Kier molecular flexibility index (Phi) is 5.66. The summed E-state index contributed by atoms with van der Waals surface area (Å²) in [7, 11) is 1.64. The van der Waals surface area contributed by atoms with E-state index in [-0.39, 0.29) is 5.92 Å². The Morgan fingerprint density at radius 1 is 1.41 bits per heavy atom. The minimum Gasteiger partial charge on any atom is -0.480 e. The third kappa shape index (κ3) is 4.54. The molecular formula is C13H19NO3. The molecule has 0 aliphatic heterocycles. The lowest BCUT2D eigenvalue weighted by atomic mass is 10.1. The van der Waals surface area contributed by atoms with Crippen molar-refractivity contribution in [3.05, 3.63) is 35.9 Å². The Bertz CT molecular complexity index is 340. The Hall–Kier alpha value is -1.39. The molecule has 1 aromatic carbocycles. The van der Waals surface area contributed by atoms with Crippen LogP contribution in [0.2, 0.25) is 0 Å². The molecular weight excluding hydrogens is 218 g/mol. The number of nitrogens with one attached hydrogen (secondary N) is 1. The van der Waals surface area contributed by atoms with Crippen molar-refractivity contribution < 1.29 is 14.6 Å². The van der Waals surface area contributed by atoms with Crippen LogP contribution < -0.4 is 5.32 Å². The highest BCUT2D eigenvalue weighted by Gasteiger charge is 2.19. The summed E-state index contributed by atoms with van der Waals surface area (Å²) in [6.45, 7) is 3.24. The van der Waals surface area contributed by atoms with Crippen LogP contribution in [0.3, 0.4) is 0 Å². The van der Waals surface area contributed by atoms with Crippen LogP contribution in [0, 0.1) is 5.92 Å². The summed E-state index contributed by atoms with van der Waals surface area (Å²) < 4.78 is 5.01. The van der Waals surface area contributed by atoms with Gasteiger partial charge in [-0.15, -0.1) is 0 Å². The molecule has 17 heavy (non-hydrogen) atoms. The molecule has 0 spiro atoms. The lowest BCUT2D eigenvalue weighted by molar-refractivity contribution is -0.139. The molecule has 0 aliphatic carbocycles. The van der Waals surface area contributed by atoms with E-state index in [0.717, 1.165) is 5.56 Å². The molecule has 2 unspecified atom stereocenters. The summed E-state index contributed by atoms with van der Waals surface area (Å²) in [5, 5.41) is 12.2. The standard InChI is InChI=1S/C13H19NO3/c1-10(9-17-2)8-14-12(13(15)16)11-6-4-3-5-7-11/h3-7,10,12,14H,8-9H2,1-2H3,(H,15,16). The molecule has 4 nitrogen and oxygen atoms in total. The first-order valence-corrected chi connectivity index (χ1v) is 5.65. The van der Waals surface area contributed by atoms with Gasteiger partial charge in [-0.3, -0.25) is 4.79 Å². The van der Waals surface area contributed by atoms with E-state index in [1.807, 2.05) is 37.3 Å². The fourth-order valence-electron chi connectivity index (χ4n) is 1.66. The summed E-state index contributed by atoms with van der Waals surface area (Å²) in [4.78, 5) is 11.2. The first-order chi connectivity index (χ1) is 8.15. The average molecular weight is 237 g/mol. The number of aliphatic carboxylic acids is 1. The number of hydrogen-bond acceptors (Lipinski definition) is 3. The molecule has 0 amide bonds. The maximum atomic E-state index is 11.2. The second-order valence-corrected chi connectivity index (χ2v) is 4.15. The molecule has 1 aromatic rings. The zero-order chi connectivity index (χ0) is 12.7. The molecule has 2 N–H and O–H groups in total. The van der Waals surface area contributed by atoms with Crippen LogP contribution in [0.15, 0.2) is 30.3 Å². The molecule has 0 radical (unpaired) electrons. The van der Waals surface area contributed by atoms with Crippen LogP contribution in [-0.4, -0.2) is 31.3 Å². The van der Waals surface area contributed by atoms with E-state index in [9.17, 15) is 9.90 Å². The fourth-order valence-corrected chi connectivity index (χ4v) is 1.66. The van der Waals surface area contributed by atoms with Gasteiger partial charge >= 0.3 is 5.97 Å². The van der Waals surface area contributed by atoms with Gasteiger partial charge in [0.1, 0.15) is 6.04 Å². The van der Waals surface area contributed by atoms with Gasteiger partial charge in [0, 0.05) is 20.3 Å². The van der Waals surface area contributed by atoms with Crippen LogP contribution >= 0.6 is 0 Å². The average Bonchev–Trinajstić information content (AvgIpc) is 2.30. The molecule has 2 atom stereocenters. The maximum Gasteiger partial charge on any atom is 0.325 e. The van der Waals surface area contributed by atoms with Crippen LogP contribution in [0.25, 0.3) is 0 Å². The van der Waals surface area contributed by atoms with Gasteiger partial charge in [-0.25, -0.2) is 0 Å². The second-order valence-electron chi connectivity index (χ2n) is 4.15. The van der Waals surface area contributed by atoms with E-state index in [1.165, 1.54) is 0 Å². The minimum atomic E-state index is -0.860. The highest BCUT2D eigenvalue weighted by molar-refractivity contribution is 5.75. The zero-order valence-electron chi connectivity index (χ0n) is 10.2. The largest absolute Gasteiger partial charge is 0.480 e. The second kappa shape index (κ2) is 7.04. The fraction of sp³-hybridized carbons (Fsp3) is 0.462. The van der Waals surface area contributed by atoms with E-state index in [1.54, 1.807) is 7.11 Å². The first-order valence-electron chi connectivity index (χ1n) is 5.65. The van der Waals surface area contributed by atoms with Gasteiger partial charge in [0.15, 0.2) is 0 Å². The Morgan fingerprint density at radius 2 is 2.06 bits per heavy atom. The van der Waals surface area contributed by atoms with Crippen molar-refractivity contribution in [3.63, 3.8) is 0 Å². The molecule has 1 rings (SSSR count). The van der Waals surface area contributed by atoms with Crippen LogP contribution in [0.5, 0.6) is 0 Å². The van der Waals surface area contributed by atoms with Crippen molar-refractivity contribution >= 4 is 5.97 Å². The predicted octanol–water partition coefficient (Wildman–Crippen LogP) is 1.68. The molecule has 0 fully saturated rings. The van der Waals surface area contributed by atoms with Gasteiger partial charge in [-0.2, -0.15) is 0 Å². The number of carbonyl (C=O) groups is 1. The summed E-state index contributed by atoms with van der Waals surface area (Å²) in [5.41, 5.74) is 0.768. The van der Waals surface area contributed by atoms with Crippen LogP contribution in [0.4, 0.5) is 0 Å². The summed E-state index contributed by atoms with van der Waals surface area (Å²) >= 11 is 0. The van der Waals surface area contributed by atoms with E-state index < -0.39 is 12.0 Å². The third-order valence-corrected chi connectivity index (χ3v) is 2.50. The molecule has 0 aliphatic rings. The number of hydrogen-bond donors (Lipinski definition) is 2. The lowest BCUT2D eigenvalue weighted by Gasteiger charge is -2.17. The van der Waals surface area contributed by atoms with Crippen molar-refractivity contribution in [2.45, 2.75) is 13.0 Å². The Labute approximate surface area is 102 Å².